The van der Waals surface area contributed by atoms with Crippen molar-refractivity contribution in [3.8, 4) is 5.75 Å². The first-order chi connectivity index (χ1) is 11.0. The first-order valence-electron chi connectivity index (χ1n) is 6.57. The van der Waals surface area contributed by atoms with Crippen LogP contribution in [-0.4, -0.2) is 28.3 Å². The summed E-state index contributed by atoms with van der Waals surface area (Å²) in [5.74, 6) is 0.190. The summed E-state index contributed by atoms with van der Waals surface area (Å²) in [6, 6.07) is 8.41. The molecule has 0 spiro atoms. The number of halogens is 1. The van der Waals surface area contributed by atoms with E-state index in [0.717, 1.165) is 4.88 Å². The van der Waals surface area contributed by atoms with Crippen LogP contribution in [0.5, 0.6) is 5.75 Å². The molecule has 6 nitrogen and oxygen atoms in total. The SMILES string of the molecule is COc1ccc(Cl)cc1C(=O)NCCc1ccc(NS(=O)O)s1. The Morgan fingerprint density at radius 1 is 1.39 bits per heavy atom. The molecule has 124 valence electrons. The number of thiophene rings is 1. The quantitative estimate of drug-likeness (QED) is 0.650. The molecule has 1 amide bonds. The molecule has 1 aromatic heterocycles. The lowest BCUT2D eigenvalue weighted by Crippen LogP contribution is -2.26. The molecule has 0 fully saturated rings. The third kappa shape index (κ3) is 5.21. The standard InChI is InChI=1S/C14H15ClN2O4S2/c1-21-12-4-2-9(15)8-11(12)14(18)16-7-6-10-3-5-13(22-10)17-23(19)20/h2-5,8,17H,6-7H2,1H3,(H,16,18)(H,19,20). The number of anilines is 1. The van der Waals surface area contributed by atoms with Gasteiger partial charge in [-0.2, -0.15) is 0 Å². The van der Waals surface area contributed by atoms with Crippen LogP contribution in [0, 0.1) is 0 Å². The molecule has 1 heterocycles. The fraction of sp³-hybridized carbons (Fsp3) is 0.214. The summed E-state index contributed by atoms with van der Waals surface area (Å²) in [5.41, 5.74) is 0.379. The molecule has 1 aromatic carbocycles. The minimum atomic E-state index is -2.08. The maximum absolute atomic E-state index is 12.2. The number of benzene rings is 1. The highest BCUT2D eigenvalue weighted by Crippen LogP contribution is 2.23. The largest absolute Gasteiger partial charge is 0.496 e. The topological polar surface area (TPSA) is 87.7 Å². The van der Waals surface area contributed by atoms with Gasteiger partial charge in [0.1, 0.15) is 10.8 Å². The van der Waals surface area contributed by atoms with Gasteiger partial charge in [-0.25, -0.2) is 4.21 Å². The lowest BCUT2D eigenvalue weighted by molar-refractivity contribution is 0.0951. The first kappa shape index (κ1) is 17.7. The van der Waals surface area contributed by atoms with Gasteiger partial charge in [-0.05, 0) is 36.8 Å². The minimum Gasteiger partial charge on any atom is -0.496 e. The molecule has 0 radical (unpaired) electrons. The fourth-order valence-corrected chi connectivity index (χ4v) is 3.46. The normalized spacial score (nSPS) is 11.8. The molecule has 2 rings (SSSR count). The molecule has 9 heteroatoms. The van der Waals surface area contributed by atoms with Gasteiger partial charge in [0.05, 0.1) is 12.7 Å². The van der Waals surface area contributed by atoms with Crippen molar-refractivity contribution in [2.24, 2.45) is 0 Å². The van der Waals surface area contributed by atoms with Crippen LogP contribution in [0.2, 0.25) is 5.02 Å². The van der Waals surface area contributed by atoms with Crippen molar-refractivity contribution in [2.75, 3.05) is 18.4 Å². The molecule has 0 saturated heterocycles. The second-order valence-corrected chi connectivity index (χ2v) is 6.77. The molecule has 2 aromatic rings. The Balaban J connectivity index is 1.91. The van der Waals surface area contributed by atoms with Crippen molar-refractivity contribution in [3.05, 3.63) is 45.8 Å². The lowest BCUT2D eigenvalue weighted by atomic mass is 10.2. The van der Waals surface area contributed by atoms with E-state index in [0.29, 0.717) is 34.3 Å². The third-order valence-electron chi connectivity index (χ3n) is 2.91. The van der Waals surface area contributed by atoms with E-state index in [9.17, 15) is 9.00 Å². The molecule has 0 saturated carbocycles. The molecule has 1 unspecified atom stereocenters. The van der Waals surface area contributed by atoms with Gasteiger partial charge >= 0.3 is 0 Å². The number of hydrogen-bond donors (Lipinski definition) is 3. The van der Waals surface area contributed by atoms with Crippen LogP contribution >= 0.6 is 22.9 Å². The van der Waals surface area contributed by atoms with Gasteiger partial charge in [-0.3, -0.25) is 14.1 Å². The van der Waals surface area contributed by atoms with E-state index in [1.54, 1.807) is 24.3 Å². The van der Waals surface area contributed by atoms with E-state index >= 15 is 0 Å². The Morgan fingerprint density at radius 3 is 2.87 bits per heavy atom. The van der Waals surface area contributed by atoms with Gasteiger partial charge in [0.15, 0.2) is 0 Å². The molecule has 23 heavy (non-hydrogen) atoms. The van der Waals surface area contributed by atoms with E-state index in [4.69, 9.17) is 20.9 Å². The van der Waals surface area contributed by atoms with Crippen LogP contribution in [0.3, 0.4) is 0 Å². The Bertz CT molecular complexity index is 721. The van der Waals surface area contributed by atoms with Crippen LogP contribution in [0.4, 0.5) is 5.00 Å². The molecule has 0 bridgehead atoms. The zero-order valence-electron chi connectivity index (χ0n) is 12.2. The molecule has 0 aliphatic rings. The lowest BCUT2D eigenvalue weighted by Gasteiger charge is -2.09. The summed E-state index contributed by atoms with van der Waals surface area (Å²) >= 11 is 5.18. The van der Waals surface area contributed by atoms with Crippen molar-refractivity contribution >= 4 is 45.1 Å². The average Bonchev–Trinajstić information content (AvgIpc) is 2.93. The van der Waals surface area contributed by atoms with Crippen molar-refractivity contribution in [3.63, 3.8) is 0 Å². The van der Waals surface area contributed by atoms with Crippen LogP contribution in [0.1, 0.15) is 15.2 Å². The number of ether oxygens (including phenoxy) is 1. The Morgan fingerprint density at radius 2 is 2.17 bits per heavy atom. The number of carbonyl (C=O) groups is 1. The van der Waals surface area contributed by atoms with E-state index in [2.05, 4.69) is 10.0 Å². The van der Waals surface area contributed by atoms with E-state index < -0.39 is 11.3 Å². The van der Waals surface area contributed by atoms with E-state index in [-0.39, 0.29) is 5.91 Å². The van der Waals surface area contributed by atoms with Gasteiger partial charge in [-0.1, -0.05) is 11.6 Å². The predicted molar refractivity (Wildman–Crippen MR) is 92.8 cm³/mol. The molecule has 0 aliphatic carbocycles. The number of methoxy groups -OCH3 is 1. The second kappa shape index (κ2) is 8.30. The molecule has 1 atom stereocenters. The second-order valence-electron chi connectivity index (χ2n) is 4.47. The Labute approximate surface area is 145 Å². The van der Waals surface area contributed by atoms with Crippen LogP contribution < -0.4 is 14.8 Å². The summed E-state index contributed by atoms with van der Waals surface area (Å²) < 4.78 is 27.0. The Hall–Kier alpha value is -1.61. The smallest absolute Gasteiger partial charge is 0.259 e. The number of hydrogen-bond acceptors (Lipinski definition) is 4. The van der Waals surface area contributed by atoms with Gasteiger partial charge in [0.25, 0.3) is 17.2 Å². The van der Waals surface area contributed by atoms with E-state index in [1.807, 2.05) is 6.07 Å². The van der Waals surface area contributed by atoms with Gasteiger partial charge in [-0.15, -0.1) is 11.3 Å². The third-order valence-corrected chi connectivity index (χ3v) is 4.73. The zero-order chi connectivity index (χ0) is 16.8. The van der Waals surface area contributed by atoms with Crippen molar-refractivity contribution in [1.82, 2.24) is 5.32 Å². The molecular weight excluding hydrogens is 360 g/mol. The van der Waals surface area contributed by atoms with Crippen molar-refractivity contribution < 1.29 is 18.3 Å². The van der Waals surface area contributed by atoms with Crippen LogP contribution in [0.15, 0.2) is 30.3 Å². The maximum atomic E-state index is 12.2. The summed E-state index contributed by atoms with van der Waals surface area (Å²) in [6.07, 6.45) is 0.610. The monoisotopic (exact) mass is 374 g/mol. The highest BCUT2D eigenvalue weighted by molar-refractivity contribution is 7.80. The van der Waals surface area contributed by atoms with Crippen LogP contribution in [-0.2, 0) is 17.7 Å². The fourth-order valence-electron chi connectivity index (χ4n) is 1.91. The number of nitrogens with one attached hydrogen (secondary N) is 2. The summed E-state index contributed by atoms with van der Waals surface area (Å²) in [5, 5.41) is 3.86. The Kier molecular flexibility index (Phi) is 6.40. The first-order valence-corrected chi connectivity index (χ1v) is 8.87. The highest BCUT2D eigenvalue weighted by Gasteiger charge is 2.12. The maximum Gasteiger partial charge on any atom is 0.259 e. The summed E-state index contributed by atoms with van der Waals surface area (Å²) in [7, 11) is 1.49. The van der Waals surface area contributed by atoms with Crippen LogP contribution in [0.25, 0.3) is 0 Å². The predicted octanol–water partition coefficient (Wildman–Crippen LogP) is 2.93. The summed E-state index contributed by atoms with van der Waals surface area (Å²) in [6.45, 7) is 0.427. The molecule has 3 N–H and O–H groups in total. The molecular formula is C14H15ClN2O4S2. The molecule has 0 aliphatic heterocycles. The minimum absolute atomic E-state index is 0.268. The summed E-state index contributed by atoms with van der Waals surface area (Å²) in [4.78, 5) is 13.2. The van der Waals surface area contributed by atoms with Gasteiger partial charge in [0, 0.05) is 16.4 Å². The van der Waals surface area contributed by atoms with Gasteiger partial charge in [0.2, 0.25) is 0 Å². The van der Waals surface area contributed by atoms with Gasteiger partial charge < -0.3 is 10.1 Å². The highest BCUT2D eigenvalue weighted by atomic mass is 35.5. The van der Waals surface area contributed by atoms with Crippen molar-refractivity contribution in [1.29, 1.82) is 0 Å². The van der Waals surface area contributed by atoms with Crippen molar-refractivity contribution in [2.45, 2.75) is 6.42 Å². The number of amides is 1. The number of carbonyl (C=O) groups excluding carboxylic acids is 1. The average molecular weight is 375 g/mol. The number of rotatable bonds is 7. The zero-order valence-corrected chi connectivity index (χ0v) is 14.6. The van der Waals surface area contributed by atoms with E-state index in [1.165, 1.54) is 18.4 Å².